The van der Waals surface area contributed by atoms with Crippen LogP contribution in [0.1, 0.15) is 20.3 Å². The minimum absolute atomic E-state index is 0.0972. The second-order valence-corrected chi connectivity index (χ2v) is 9.22. The third-order valence-electron chi connectivity index (χ3n) is 4.10. The SMILES string of the molecule is CC(C)OCCCNC(=O)N1CCN(S(=O)(=O)c2ccc(Cl)c(Cl)c2)CC1. The number of halogens is 2. The number of nitrogens with one attached hydrogen (secondary N) is 1. The lowest BCUT2D eigenvalue weighted by molar-refractivity contribution is 0.0770. The second kappa shape index (κ2) is 9.93. The fraction of sp³-hybridized carbons (Fsp3) is 0.588. The molecule has 7 nitrogen and oxygen atoms in total. The second-order valence-electron chi connectivity index (χ2n) is 6.47. The van der Waals surface area contributed by atoms with Crippen LogP contribution in [-0.4, -0.2) is 69.1 Å². The molecular weight excluding hydrogens is 413 g/mol. The van der Waals surface area contributed by atoms with E-state index in [0.29, 0.717) is 31.3 Å². The lowest BCUT2D eigenvalue weighted by Crippen LogP contribution is -2.53. The van der Waals surface area contributed by atoms with Gasteiger partial charge in [-0.3, -0.25) is 0 Å². The number of nitrogens with zero attached hydrogens (tertiary/aromatic N) is 2. The van der Waals surface area contributed by atoms with Gasteiger partial charge in [-0.2, -0.15) is 4.31 Å². The molecule has 152 valence electrons. The number of urea groups is 1. The monoisotopic (exact) mass is 437 g/mol. The molecule has 0 saturated carbocycles. The molecule has 2 rings (SSSR count). The Morgan fingerprint density at radius 1 is 1.19 bits per heavy atom. The quantitative estimate of drug-likeness (QED) is 0.665. The average Bonchev–Trinajstić information content (AvgIpc) is 2.63. The summed E-state index contributed by atoms with van der Waals surface area (Å²) >= 11 is 11.8. The van der Waals surface area contributed by atoms with E-state index in [0.717, 1.165) is 6.42 Å². The third-order valence-corrected chi connectivity index (χ3v) is 6.74. The summed E-state index contributed by atoms with van der Waals surface area (Å²) in [7, 11) is -3.67. The summed E-state index contributed by atoms with van der Waals surface area (Å²) in [5, 5.41) is 3.33. The highest BCUT2D eigenvalue weighted by Crippen LogP contribution is 2.27. The lowest BCUT2D eigenvalue weighted by atomic mass is 10.4. The smallest absolute Gasteiger partial charge is 0.317 e. The van der Waals surface area contributed by atoms with Crippen molar-refractivity contribution in [2.24, 2.45) is 0 Å². The zero-order valence-electron chi connectivity index (χ0n) is 15.5. The summed E-state index contributed by atoms with van der Waals surface area (Å²) in [6.45, 7) is 6.15. The Bertz CT molecular complexity index is 751. The van der Waals surface area contributed by atoms with Crippen LogP contribution < -0.4 is 5.32 Å². The standard InChI is InChI=1S/C17H25Cl2N3O4S/c1-13(2)26-11-3-6-20-17(23)21-7-9-22(10-8-21)27(24,25)14-4-5-15(18)16(19)12-14/h4-5,12-13H,3,6-11H2,1-2H3,(H,20,23). The Morgan fingerprint density at radius 2 is 1.85 bits per heavy atom. The van der Waals surface area contributed by atoms with Crippen molar-refractivity contribution in [1.82, 2.24) is 14.5 Å². The normalized spacial score (nSPS) is 16.0. The maximum atomic E-state index is 12.7. The first-order chi connectivity index (χ1) is 12.7. The maximum Gasteiger partial charge on any atom is 0.317 e. The van der Waals surface area contributed by atoms with Crippen molar-refractivity contribution in [2.75, 3.05) is 39.3 Å². The molecule has 1 aromatic rings. The largest absolute Gasteiger partial charge is 0.379 e. The first kappa shape index (κ1) is 22.2. The zero-order valence-corrected chi connectivity index (χ0v) is 17.8. The van der Waals surface area contributed by atoms with E-state index in [-0.39, 0.29) is 35.1 Å². The molecule has 0 aliphatic carbocycles. The summed E-state index contributed by atoms with van der Waals surface area (Å²) in [6, 6.07) is 4.05. The molecule has 1 N–H and O–H groups in total. The van der Waals surface area contributed by atoms with Crippen LogP contribution in [0.3, 0.4) is 0 Å². The van der Waals surface area contributed by atoms with Gasteiger partial charge in [0.2, 0.25) is 10.0 Å². The van der Waals surface area contributed by atoms with Crippen molar-refractivity contribution in [3.63, 3.8) is 0 Å². The first-order valence-corrected chi connectivity index (χ1v) is 11.0. The lowest BCUT2D eigenvalue weighted by Gasteiger charge is -2.34. The predicted octanol–water partition coefficient (Wildman–Crippen LogP) is 2.82. The number of rotatable bonds is 7. The Balaban J connectivity index is 1.83. The highest BCUT2D eigenvalue weighted by atomic mass is 35.5. The number of carbonyl (C=O) groups excluding carboxylic acids is 1. The summed E-state index contributed by atoms with van der Waals surface area (Å²) in [5.74, 6) is 0. The molecule has 10 heteroatoms. The molecule has 2 amide bonds. The maximum absolute atomic E-state index is 12.7. The molecule has 0 aromatic heterocycles. The van der Waals surface area contributed by atoms with E-state index in [2.05, 4.69) is 5.32 Å². The van der Waals surface area contributed by atoms with Gasteiger partial charge in [0, 0.05) is 39.3 Å². The van der Waals surface area contributed by atoms with Crippen molar-refractivity contribution in [2.45, 2.75) is 31.3 Å². The van der Waals surface area contributed by atoms with Gasteiger partial charge in [0.15, 0.2) is 0 Å². The number of hydrogen-bond donors (Lipinski definition) is 1. The van der Waals surface area contributed by atoms with Crippen LogP contribution in [0.5, 0.6) is 0 Å². The fourth-order valence-corrected chi connectivity index (χ4v) is 4.43. The number of sulfonamides is 1. The number of ether oxygens (including phenoxy) is 1. The molecule has 0 atom stereocenters. The fourth-order valence-electron chi connectivity index (χ4n) is 2.62. The van der Waals surface area contributed by atoms with Crippen LogP contribution in [0, 0.1) is 0 Å². The van der Waals surface area contributed by atoms with Crippen LogP contribution in [0.4, 0.5) is 4.79 Å². The van der Waals surface area contributed by atoms with Gasteiger partial charge < -0.3 is 15.0 Å². The molecule has 1 aromatic carbocycles. The molecule has 1 aliphatic heterocycles. The minimum atomic E-state index is -3.67. The Hall–Kier alpha value is -1.06. The molecular formula is C17H25Cl2N3O4S. The summed E-state index contributed by atoms with van der Waals surface area (Å²) in [5.41, 5.74) is 0. The van der Waals surface area contributed by atoms with Gasteiger partial charge in [-0.15, -0.1) is 0 Å². The molecule has 27 heavy (non-hydrogen) atoms. The highest BCUT2D eigenvalue weighted by molar-refractivity contribution is 7.89. The van der Waals surface area contributed by atoms with Gasteiger partial charge in [0.1, 0.15) is 0 Å². The minimum Gasteiger partial charge on any atom is -0.379 e. The molecule has 0 radical (unpaired) electrons. The third kappa shape index (κ3) is 6.22. The zero-order chi connectivity index (χ0) is 20.0. The van der Waals surface area contributed by atoms with Gasteiger partial charge in [-0.1, -0.05) is 23.2 Å². The van der Waals surface area contributed by atoms with Crippen LogP contribution >= 0.6 is 23.2 Å². The topological polar surface area (TPSA) is 79.0 Å². The highest BCUT2D eigenvalue weighted by Gasteiger charge is 2.30. The van der Waals surface area contributed by atoms with Gasteiger partial charge >= 0.3 is 6.03 Å². The predicted molar refractivity (Wildman–Crippen MR) is 106 cm³/mol. The number of amides is 2. The van der Waals surface area contributed by atoms with Gasteiger partial charge in [-0.05, 0) is 38.5 Å². The van der Waals surface area contributed by atoms with Crippen molar-refractivity contribution < 1.29 is 17.9 Å². The van der Waals surface area contributed by atoms with Crippen molar-refractivity contribution in [1.29, 1.82) is 0 Å². The van der Waals surface area contributed by atoms with Crippen LogP contribution in [0.2, 0.25) is 10.0 Å². The Kier molecular flexibility index (Phi) is 8.18. The van der Waals surface area contributed by atoms with Crippen LogP contribution in [0.25, 0.3) is 0 Å². The molecule has 1 fully saturated rings. The van der Waals surface area contributed by atoms with Crippen LogP contribution in [-0.2, 0) is 14.8 Å². The van der Waals surface area contributed by atoms with E-state index in [1.807, 2.05) is 13.8 Å². The van der Waals surface area contributed by atoms with Gasteiger partial charge in [-0.25, -0.2) is 13.2 Å². The molecule has 1 heterocycles. The average molecular weight is 438 g/mol. The number of carbonyl (C=O) groups is 1. The number of benzene rings is 1. The van der Waals surface area contributed by atoms with Crippen LogP contribution in [0.15, 0.2) is 23.1 Å². The molecule has 1 saturated heterocycles. The Labute approximate surface area is 170 Å². The first-order valence-electron chi connectivity index (χ1n) is 8.81. The molecule has 0 unspecified atom stereocenters. The molecule has 1 aliphatic rings. The molecule has 0 spiro atoms. The van der Waals surface area contributed by atoms with E-state index >= 15 is 0 Å². The van der Waals surface area contributed by atoms with Crippen molar-refractivity contribution >= 4 is 39.3 Å². The number of piperazine rings is 1. The van der Waals surface area contributed by atoms with E-state index in [1.54, 1.807) is 4.90 Å². The number of hydrogen-bond acceptors (Lipinski definition) is 4. The van der Waals surface area contributed by atoms with Crippen molar-refractivity contribution in [3.05, 3.63) is 28.2 Å². The summed E-state index contributed by atoms with van der Waals surface area (Å²) in [4.78, 5) is 13.9. The van der Waals surface area contributed by atoms with E-state index in [9.17, 15) is 13.2 Å². The Morgan fingerprint density at radius 3 is 2.44 bits per heavy atom. The van der Waals surface area contributed by atoms with E-state index in [1.165, 1.54) is 22.5 Å². The summed E-state index contributed by atoms with van der Waals surface area (Å²) in [6.07, 6.45) is 0.904. The summed E-state index contributed by atoms with van der Waals surface area (Å²) < 4.78 is 32.2. The van der Waals surface area contributed by atoms with Gasteiger partial charge in [0.05, 0.1) is 21.0 Å². The van der Waals surface area contributed by atoms with E-state index in [4.69, 9.17) is 27.9 Å². The van der Waals surface area contributed by atoms with Crippen molar-refractivity contribution in [3.8, 4) is 0 Å². The van der Waals surface area contributed by atoms with Gasteiger partial charge in [0.25, 0.3) is 0 Å². The molecule has 0 bridgehead atoms. The van der Waals surface area contributed by atoms with E-state index < -0.39 is 10.0 Å².